The van der Waals surface area contributed by atoms with Crippen LogP contribution in [0.15, 0.2) is 53.5 Å². The van der Waals surface area contributed by atoms with Crippen molar-refractivity contribution in [1.29, 1.82) is 0 Å². The number of pyridine rings is 1. The number of rotatable bonds is 6. The average Bonchev–Trinajstić information content (AvgIpc) is 3.12. The zero-order valence-corrected chi connectivity index (χ0v) is 15.3. The van der Waals surface area contributed by atoms with Crippen molar-refractivity contribution < 1.29 is 9.53 Å². The number of hydrogen-bond donors (Lipinski definition) is 0. The first-order valence-electron chi connectivity index (χ1n) is 8.86. The molecule has 6 heteroatoms. The van der Waals surface area contributed by atoms with Crippen LogP contribution in [0.5, 0.6) is 5.75 Å². The highest BCUT2D eigenvalue weighted by Crippen LogP contribution is 2.23. The van der Waals surface area contributed by atoms with E-state index in [1.165, 1.54) is 17.4 Å². The van der Waals surface area contributed by atoms with Gasteiger partial charge in [-0.05, 0) is 36.6 Å². The molecule has 1 amide bonds. The molecule has 1 saturated heterocycles. The van der Waals surface area contributed by atoms with Gasteiger partial charge in [-0.1, -0.05) is 18.2 Å². The molecule has 1 atom stereocenters. The Morgan fingerprint density at radius 3 is 2.73 bits per heavy atom. The molecule has 1 aliphatic heterocycles. The van der Waals surface area contributed by atoms with Crippen molar-refractivity contribution in [3.63, 3.8) is 0 Å². The number of methoxy groups -OCH3 is 1. The third kappa shape index (κ3) is 4.07. The van der Waals surface area contributed by atoms with Crippen molar-refractivity contribution in [3.8, 4) is 5.75 Å². The minimum Gasteiger partial charge on any atom is -0.491 e. The van der Waals surface area contributed by atoms with E-state index in [0.717, 1.165) is 19.5 Å². The Hall–Kier alpha value is -2.76. The second kappa shape index (κ2) is 8.08. The molecular weight excluding hydrogens is 330 g/mol. The minimum atomic E-state index is -0.284. The first kappa shape index (κ1) is 18.0. The summed E-state index contributed by atoms with van der Waals surface area (Å²) in [7, 11) is 3.26. The van der Waals surface area contributed by atoms with Crippen molar-refractivity contribution in [2.24, 2.45) is 5.92 Å². The predicted octanol–water partition coefficient (Wildman–Crippen LogP) is 1.84. The molecule has 0 N–H and O–H groups in total. The van der Waals surface area contributed by atoms with Gasteiger partial charge in [0.25, 0.3) is 5.56 Å². The number of para-hydroxylation sites is 1. The van der Waals surface area contributed by atoms with E-state index >= 15 is 0 Å². The van der Waals surface area contributed by atoms with E-state index < -0.39 is 0 Å². The van der Waals surface area contributed by atoms with Crippen LogP contribution in [-0.2, 0) is 11.3 Å². The number of aromatic nitrogens is 1. The van der Waals surface area contributed by atoms with Crippen LogP contribution < -0.4 is 15.2 Å². The second-order valence-electron chi connectivity index (χ2n) is 6.72. The van der Waals surface area contributed by atoms with Gasteiger partial charge in [0.05, 0.1) is 7.11 Å². The molecule has 0 bridgehead atoms. The van der Waals surface area contributed by atoms with E-state index in [2.05, 4.69) is 17.0 Å². The molecule has 0 spiro atoms. The summed E-state index contributed by atoms with van der Waals surface area (Å²) in [5, 5.41) is 0. The van der Waals surface area contributed by atoms with Crippen LogP contribution in [-0.4, -0.2) is 49.2 Å². The number of hydrogen-bond acceptors (Lipinski definition) is 4. The van der Waals surface area contributed by atoms with Gasteiger partial charge in [0, 0.05) is 38.6 Å². The summed E-state index contributed by atoms with van der Waals surface area (Å²) in [4.78, 5) is 28.8. The van der Waals surface area contributed by atoms with Crippen LogP contribution >= 0.6 is 0 Å². The van der Waals surface area contributed by atoms with E-state index in [1.807, 2.05) is 18.2 Å². The van der Waals surface area contributed by atoms with Gasteiger partial charge in [0.15, 0.2) is 5.75 Å². The molecule has 0 saturated carbocycles. The molecule has 2 aromatic rings. The molecule has 6 nitrogen and oxygen atoms in total. The van der Waals surface area contributed by atoms with Gasteiger partial charge in [-0.3, -0.25) is 9.59 Å². The number of amides is 1. The lowest BCUT2D eigenvalue weighted by Gasteiger charge is -2.23. The molecule has 1 aromatic carbocycles. The Kier molecular flexibility index (Phi) is 5.61. The van der Waals surface area contributed by atoms with E-state index in [1.54, 1.807) is 30.3 Å². The summed E-state index contributed by atoms with van der Waals surface area (Å²) in [6, 6.07) is 13.7. The Bertz CT molecular complexity index is 803. The second-order valence-corrected chi connectivity index (χ2v) is 6.72. The maximum absolute atomic E-state index is 12.5. The molecular formula is C20H25N3O3. The zero-order chi connectivity index (χ0) is 18.5. The fourth-order valence-corrected chi connectivity index (χ4v) is 3.41. The first-order chi connectivity index (χ1) is 12.6. The average molecular weight is 355 g/mol. The minimum absolute atomic E-state index is 0.0294. The highest BCUT2D eigenvalue weighted by atomic mass is 16.5. The third-order valence-corrected chi connectivity index (χ3v) is 4.88. The van der Waals surface area contributed by atoms with Crippen LogP contribution in [0, 0.1) is 5.92 Å². The summed E-state index contributed by atoms with van der Waals surface area (Å²) in [6.07, 6.45) is 2.68. The first-order valence-corrected chi connectivity index (χ1v) is 8.86. The van der Waals surface area contributed by atoms with Crippen LogP contribution in [0.25, 0.3) is 0 Å². The van der Waals surface area contributed by atoms with Gasteiger partial charge in [0.2, 0.25) is 5.91 Å². The van der Waals surface area contributed by atoms with Gasteiger partial charge in [0.1, 0.15) is 6.54 Å². The Labute approximate surface area is 153 Å². The SMILES string of the molecule is COc1cccn(CC(=O)N(C)C[C@@H]2CCN(c3ccccc3)C2)c1=O. The standard InChI is InChI=1S/C20H25N3O3/c1-21(19(24)15-23-11-6-9-18(26-2)20(23)25)13-16-10-12-22(14-16)17-7-4-3-5-8-17/h3-9,11,16H,10,12-15H2,1-2H3/t16-/m0/s1. The van der Waals surface area contributed by atoms with Crippen molar-refractivity contribution in [1.82, 2.24) is 9.47 Å². The van der Waals surface area contributed by atoms with Gasteiger partial charge in [-0.25, -0.2) is 0 Å². The monoisotopic (exact) mass is 355 g/mol. The molecule has 1 aromatic heterocycles. The maximum Gasteiger partial charge on any atom is 0.293 e. The van der Waals surface area contributed by atoms with E-state index in [-0.39, 0.29) is 23.8 Å². The van der Waals surface area contributed by atoms with E-state index in [0.29, 0.717) is 12.5 Å². The lowest BCUT2D eigenvalue weighted by molar-refractivity contribution is -0.131. The molecule has 2 heterocycles. The molecule has 3 rings (SSSR count). The summed E-state index contributed by atoms with van der Waals surface area (Å²) >= 11 is 0. The van der Waals surface area contributed by atoms with Gasteiger partial charge in [-0.2, -0.15) is 0 Å². The van der Waals surface area contributed by atoms with Crippen molar-refractivity contribution >= 4 is 11.6 Å². The Morgan fingerprint density at radius 2 is 2.00 bits per heavy atom. The quantitative estimate of drug-likeness (QED) is 0.793. The number of ether oxygens (including phenoxy) is 1. The van der Waals surface area contributed by atoms with Crippen LogP contribution in [0.4, 0.5) is 5.69 Å². The third-order valence-electron chi connectivity index (χ3n) is 4.88. The molecule has 0 unspecified atom stereocenters. The fraction of sp³-hybridized carbons (Fsp3) is 0.400. The normalized spacial score (nSPS) is 16.5. The number of benzene rings is 1. The van der Waals surface area contributed by atoms with Crippen LogP contribution in [0.3, 0.4) is 0 Å². The predicted molar refractivity (Wildman–Crippen MR) is 102 cm³/mol. The van der Waals surface area contributed by atoms with Crippen LogP contribution in [0.1, 0.15) is 6.42 Å². The highest BCUT2D eigenvalue weighted by molar-refractivity contribution is 5.75. The number of carbonyl (C=O) groups is 1. The van der Waals surface area contributed by atoms with Crippen molar-refractivity contribution in [2.75, 3.05) is 38.7 Å². The molecule has 26 heavy (non-hydrogen) atoms. The maximum atomic E-state index is 12.5. The Balaban J connectivity index is 1.56. The number of nitrogens with zero attached hydrogens (tertiary/aromatic N) is 3. The number of likely N-dealkylation sites (N-methyl/N-ethyl adjacent to an activating group) is 1. The van der Waals surface area contributed by atoms with Gasteiger partial charge >= 0.3 is 0 Å². The van der Waals surface area contributed by atoms with Gasteiger partial charge in [-0.15, -0.1) is 0 Å². The largest absolute Gasteiger partial charge is 0.491 e. The summed E-state index contributed by atoms with van der Waals surface area (Å²) in [5.74, 6) is 0.613. The fourth-order valence-electron chi connectivity index (χ4n) is 3.41. The van der Waals surface area contributed by atoms with Crippen molar-refractivity contribution in [3.05, 3.63) is 59.0 Å². The number of carbonyl (C=O) groups excluding carboxylic acids is 1. The molecule has 0 radical (unpaired) electrons. The lowest BCUT2D eigenvalue weighted by atomic mass is 10.1. The smallest absolute Gasteiger partial charge is 0.293 e. The van der Waals surface area contributed by atoms with E-state index in [4.69, 9.17) is 4.74 Å². The molecule has 0 aliphatic carbocycles. The van der Waals surface area contributed by atoms with E-state index in [9.17, 15) is 9.59 Å². The summed E-state index contributed by atoms with van der Waals surface area (Å²) < 4.78 is 6.42. The Morgan fingerprint density at radius 1 is 1.23 bits per heavy atom. The zero-order valence-electron chi connectivity index (χ0n) is 15.3. The molecule has 1 fully saturated rings. The van der Waals surface area contributed by atoms with Crippen molar-refractivity contribution in [2.45, 2.75) is 13.0 Å². The molecule has 138 valence electrons. The lowest BCUT2D eigenvalue weighted by Crippen LogP contribution is -2.37. The number of anilines is 1. The topological polar surface area (TPSA) is 54.8 Å². The molecule has 1 aliphatic rings. The van der Waals surface area contributed by atoms with Gasteiger partial charge < -0.3 is 19.1 Å². The van der Waals surface area contributed by atoms with Crippen LogP contribution in [0.2, 0.25) is 0 Å². The highest BCUT2D eigenvalue weighted by Gasteiger charge is 2.25. The summed E-state index contributed by atoms with van der Waals surface area (Å²) in [5.41, 5.74) is 0.944. The summed E-state index contributed by atoms with van der Waals surface area (Å²) in [6.45, 7) is 2.68.